The van der Waals surface area contributed by atoms with E-state index in [2.05, 4.69) is 94.3 Å². The number of aromatic nitrogens is 3. The van der Waals surface area contributed by atoms with Gasteiger partial charge in [0.05, 0.1) is 6.54 Å². The molecule has 0 unspecified atom stereocenters. The summed E-state index contributed by atoms with van der Waals surface area (Å²) in [6.07, 6.45) is 2.44. The molecule has 0 N–H and O–H groups in total. The van der Waals surface area contributed by atoms with Crippen LogP contribution in [0.25, 0.3) is 0 Å². The molecule has 1 aliphatic rings. The van der Waals surface area contributed by atoms with Gasteiger partial charge in [0.25, 0.3) is 0 Å². The van der Waals surface area contributed by atoms with Gasteiger partial charge in [-0.3, -0.25) is 9.80 Å². The summed E-state index contributed by atoms with van der Waals surface area (Å²) >= 11 is 1.69. The molecule has 0 amide bonds. The topological polar surface area (TPSA) is 54.4 Å². The summed E-state index contributed by atoms with van der Waals surface area (Å²) < 4.78 is 6.35. The van der Waals surface area contributed by atoms with Crippen LogP contribution in [0.5, 0.6) is 11.6 Å². The Morgan fingerprint density at radius 2 is 1.46 bits per heavy atom. The zero-order chi connectivity index (χ0) is 25.7. The molecule has 7 heteroatoms. The monoisotopic (exact) mass is 513 g/mol. The Bertz CT molecular complexity index is 1290. The van der Waals surface area contributed by atoms with Crippen molar-refractivity contribution in [3.8, 4) is 11.6 Å². The van der Waals surface area contributed by atoms with Crippen molar-refractivity contribution in [1.82, 2.24) is 25.0 Å². The van der Waals surface area contributed by atoms with Crippen molar-refractivity contribution < 1.29 is 4.74 Å². The smallest absolute Gasteiger partial charge is 0.222 e. The second kappa shape index (κ2) is 11.5. The van der Waals surface area contributed by atoms with Crippen molar-refractivity contribution >= 4 is 11.3 Å². The standard InChI is InChI=1S/C30H35N5OS/c1-30(2,3)25-13-7-8-14-26(25)36-29-24(12-9-15-31-29)20-27-32-33-28(37-27)22-35-18-16-34(17-19-35)21-23-10-5-4-6-11-23/h4-15H,16-22H2,1-3H3. The predicted octanol–water partition coefficient (Wildman–Crippen LogP) is 5.93. The maximum atomic E-state index is 6.35. The molecule has 192 valence electrons. The molecule has 37 heavy (non-hydrogen) atoms. The SMILES string of the molecule is CC(C)(C)c1ccccc1Oc1ncccc1Cc1nnc(CN2CCN(Cc3ccccc3)CC2)s1. The first-order chi connectivity index (χ1) is 17.9. The Morgan fingerprint density at radius 3 is 2.22 bits per heavy atom. The quantitative estimate of drug-likeness (QED) is 0.291. The molecule has 2 aromatic carbocycles. The summed E-state index contributed by atoms with van der Waals surface area (Å²) in [5.41, 5.74) is 3.54. The molecule has 6 nitrogen and oxygen atoms in total. The normalized spacial score (nSPS) is 15.1. The molecule has 3 heterocycles. The Labute approximate surface area is 224 Å². The van der Waals surface area contributed by atoms with E-state index >= 15 is 0 Å². The first-order valence-corrected chi connectivity index (χ1v) is 13.8. The molecule has 0 aliphatic carbocycles. The average molecular weight is 514 g/mol. The summed E-state index contributed by atoms with van der Waals surface area (Å²) in [5, 5.41) is 11.1. The zero-order valence-corrected chi connectivity index (χ0v) is 22.7. The van der Waals surface area contributed by atoms with E-state index in [0.717, 1.165) is 66.2 Å². The molecular formula is C30H35N5OS. The van der Waals surface area contributed by atoms with Crippen LogP contribution in [-0.2, 0) is 24.9 Å². The third-order valence-corrected chi connectivity index (χ3v) is 7.58. The van der Waals surface area contributed by atoms with Gasteiger partial charge in [0.2, 0.25) is 5.88 Å². The van der Waals surface area contributed by atoms with Crippen LogP contribution < -0.4 is 4.74 Å². The largest absolute Gasteiger partial charge is 0.438 e. The molecular weight excluding hydrogens is 478 g/mol. The average Bonchev–Trinajstić information content (AvgIpc) is 3.33. The lowest BCUT2D eigenvalue weighted by molar-refractivity contribution is 0.122. The number of piperazine rings is 1. The third-order valence-electron chi connectivity index (χ3n) is 6.67. The molecule has 2 aromatic heterocycles. The molecule has 1 fully saturated rings. The second-order valence-corrected chi connectivity index (χ2v) is 11.8. The Hall–Kier alpha value is -3.13. The highest BCUT2D eigenvalue weighted by atomic mass is 32.1. The molecule has 1 saturated heterocycles. The summed E-state index contributed by atoms with van der Waals surface area (Å²) in [6, 6.07) is 22.9. The Kier molecular flexibility index (Phi) is 7.93. The second-order valence-electron chi connectivity index (χ2n) is 10.6. The molecule has 0 radical (unpaired) electrons. The fourth-order valence-electron chi connectivity index (χ4n) is 4.65. The van der Waals surface area contributed by atoms with Crippen molar-refractivity contribution in [3.63, 3.8) is 0 Å². The van der Waals surface area contributed by atoms with Gasteiger partial charge in [-0.2, -0.15) is 0 Å². The summed E-state index contributed by atoms with van der Waals surface area (Å²) in [4.78, 5) is 9.56. The minimum atomic E-state index is -0.0211. The van der Waals surface area contributed by atoms with Gasteiger partial charge in [-0.25, -0.2) is 4.98 Å². The van der Waals surface area contributed by atoms with Gasteiger partial charge in [-0.1, -0.05) is 86.7 Å². The first kappa shape index (κ1) is 25.5. The maximum absolute atomic E-state index is 6.35. The van der Waals surface area contributed by atoms with Crippen LogP contribution in [0.3, 0.4) is 0 Å². The van der Waals surface area contributed by atoms with Crippen molar-refractivity contribution in [1.29, 1.82) is 0 Å². The van der Waals surface area contributed by atoms with Crippen LogP contribution in [0.4, 0.5) is 0 Å². The number of benzene rings is 2. The van der Waals surface area contributed by atoms with Gasteiger partial charge in [0.1, 0.15) is 15.8 Å². The molecule has 0 atom stereocenters. The summed E-state index contributed by atoms with van der Waals surface area (Å²) in [7, 11) is 0. The lowest BCUT2D eigenvalue weighted by Crippen LogP contribution is -2.45. The number of ether oxygens (including phenoxy) is 1. The van der Waals surface area contributed by atoms with Crippen LogP contribution in [0.1, 0.15) is 47.5 Å². The molecule has 5 rings (SSSR count). The summed E-state index contributed by atoms with van der Waals surface area (Å²) in [6.45, 7) is 12.7. The number of nitrogens with zero attached hydrogens (tertiary/aromatic N) is 5. The van der Waals surface area contributed by atoms with E-state index in [1.807, 2.05) is 18.2 Å². The van der Waals surface area contributed by atoms with Gasteiger partial charge in [-0.05, 0) is 23.1 Å². The fraction of sp³-hybridized carbons (Fsp3) is 0.367. The van der Waals surface area contributed by atoms with E-state index in [9.17, 15) is 0 Å². The third kappa shape index (κ3) is 6.80. The van der Waals surface area contributed by atoms with Crippen LogP contribution in [0.15, 0.2) is 72.9 Å². The molecule has 1 aliphatic heterocycles. The Balaban J connectivity index is 1.19. The molecule has 0 bridgehead atoms. The van der Waals surface area contributed by atoms with Crippen molar-refractivity contribution in [2.24, 2.45) is 0 Å². The first-order valence-electron chi connectivity index (χ1n) is 13.0. The molecule has 0 spiro atoms. The van der Waals surface area contributed by atoms with E-state index in [1.54, 1.807) is 17.5 Å². The minimum Gasteiger partial charge on any atom is -0.438 e. The zero-order valence-electron chi connectivity index (χ0n) is 21.9. The van der Waals surface area contributed by atoms with Gasteiger partial charge >= 0.3 is 0 Å². The van der Waals surface area contributed by atoms with Crippen LogP contribution in [0, 0.1) is 0 Å². The van der Waals surface area contributed by atoms with Crippen molar-refractivity contribution in [3.05, 3.63) is 99.6 Å². The summed E-state index contributed by atoms with van der Waals surface area (Å²) in [5.74, 6) is 1.48. The predicted molar refractivity (Wildman–Crippen MR) is 149 cm³/mol. The number of hydrogen-bond acceptors (Lipinski definition) is 7. The van der Waals surface area contributed by atoms with E-state index in [1.165, 1.54) is 5.56 Å². The molecule has 0 saturated carbocycles. The van der Waals surface area contributed by atoms with Crippen LogP contribution in [0.2, 0.25) is 0 Å². The maximum Gasteiger partial charge on any atom is 0.222 e. The van der Waals surface area contributed by atoms with Gasteiger partial charge in [-0.15, -0.1) is 10.2 Å². The number of hydrogen-bond donors (Lipinski definition) is 0. The van der Waals surface area contributed by atoms with E-state index in [0.29, 0.717) is 12.3 Å². The van der Waals surface area contributed by atoms with Crippen molar-refractivity contribution in [2.45, 2.75) is 45.7 Å². The van der Waals surface area contributed by atoms with Gasteiger partial charge in [0, 0.05) is 56.5 Å². The Morgan fingerprint density at radius 1 is 0.784 bits per heavy atom. The number of pyridine rings is 1. The lowest BCUT2D eigenvalue weighted by Gasteiger charge is -2.34. The van der Waals surface area contributed by atoms with Crippen LogP contribution >= 0.6 is 11.3 Å². The van der Waals surface area contributed by atoms with Gasteiger partial charge in [0.15, 0.2) is 0 Å². The van der Waals surface area contributed by atoms with E-state index in [4.69, 9.17) is 4.74 Å². The highest BCUT2D eigenvalue weighted by molar-refractivity contribution is 7.11. The van der Waals surface area contributed by atoms with Crippen molar-refractivity contribution in [2.75, 3.05) is 26.2 Å². The highest BCUT2D eigenvalue weighted by Gasteiger charge is 2.21. The van der Waals surface area contributed by atoms with E-state index in [-0.39, 0.29) is 5.41 Å². The fourth-order valence-corrected chi connectivity index (χ4v) is 5.57. The lowest BCUT2D eigenvalue weighted by atomic mass is 9.86. The number of rotatable bonds is 8. The minimum absolute atomic E-state index is 0.0211. The van der Waals surface area contributed by atoms with E-state index < -0.39 is 0 Å². The van der Waals surface area contributed by atoms with Crippen LogP contribution in [-0.4, -0.2) is 51.2 Å². The molecule has 4 aromatic rings. The number of para-hydroxylation sites is 1. The highest BCUT2D eigenvalue weighted by Crippen LogP contribution is 2.34. The van der Waals surface area contributed by atoms with Gasteiger partial charge < -0.3 is 4.74 Å².